The standard InChI is InChI=1S/C11H20O2/c1-8(2)4-5-10-6-9(3)7-13-11(10)12/h8-10H,4-7H2,1-3H3. The van der Waals surface area contributed by atoms with Gasteiger partial charge in [-0.3, -0.25) is 4.79 Å². The molecule has 0 aromatic heterocycles. The Balaban J connectivity index is 2.33. The van der Waals surface area contributed by atoms with Gasteiger partial charge in [-0.05, 0) is 24.7 Å². The van der Waals surface area contributed by atoms with Gasteiger partial charge in [0.25, 0.3) is 0 Å². The van der Waals surface area contributed by atoms with Crippen LogP contribution in [-0.4, -0.2) is 12.6 Å². The van der Waals surface area contributed by atoms with Crippen molar-refractivity contribution in [1.29, 1.82) is 0 Å². The largest absolute Gasteiger partial charge is 0.465 e. The predicted molar refractivity (Wildman–Crippen MR) is 52.3 cm³/mol. The highest BCUT2D eigenvalue weighted by molar-refractivity contribution is 5.73. The average Bonchev–Trinajstić information content (AvgIpc) is 2.06. The lowest BCUT2D eigenvalue weighted by Gasteiger charge is -2.26. The minimum Gasteiger partial charge on any atom is -0.465 e. The Morgan fingerprint density at radius 1 is 1.54 bits per heavy atom. The first kappa shape index (κ1) is 10.6. The van der Waals surface area contributed by atoms with Gasteiger partial charge in [0, 0.05) is 0 Å². The van der Waals surface area contributed by atoms with E-state index in [1.165, 1.54) is 0 Å². The zero-order valence-corrected chi connectivity index (χ0v) is 8.88. The van der Waals surface area contributed by atoms with Gasteiger partial charge in [0.05, 0.1) is 12.5 Å². The summed E-state index contributed by atoms with van der Waals surface area (Å²) in [6.45, 7) is 7.15. The van der Waals surface area contributed by atoms with Crippen LogP contribution in [0.1, 0.15) is 40.0 Å². The highest BCUT2D eigenvalue weighted by atomic mass is 16.5. The van der Waals surface area contributed by atoms with Crippen molar-refractivity contribution in [2.75, 3.05) is 6.61 Å². The van der Waals surface area contributed by atoms with Gasteiger partial charge in [-0.15, -0.1) is 0 Å². The molecular formula is C11H20O2. The van der Waals surface area contributed by atoms with E-state index in [-0.39, 0.29) is 11.9 Å². The molecule has 1 fully saturated rings. The molecule has 13 heavy (non-hydrogen) atoms. The first-order valence-corrected chi connectivity index (χ1v) is 5.26. The van der Waals surface area contributed by atoms with E-state index in [9.17, 15) is 4.79 Å². The zero-order chi connectivity index (χ0) is 9.84. The number of ether oxygens (including phenoxy) is 1. The van der Waals surface area contributed by atoms with E-state index >= 15 is 0 Å². The number of carbonyl (C=O) groups excluding carboxylic acids is 1. The Morgan fingerprint density at radius 2 is 2.23 bits per heavy atom. The van der Waals surface area contributed by atoms with Crippen molar-refractivity contribution in [3.8, 4) is 0 Å². The van der Waals surface area contributed by atoms with Crippen molar-refractivity contribution >= 4 is 5.97 Å². The Kier molecular flexibility index (Phi) is 3.76. The summed E-state index contributed by atoms with van der Waals surface area (Å²) < 4.78 is 5.10. The van der Waals surface area contributed by atoms with Crippen molar-refractivity contribution in [3.63, 3.8) is 0 Å². The lowest BCUT2D eigenvalue weighted by Crippen LogP contribution is -2.29. The van der Waals surface area contributed by atoms with Crippen LogP contribution in [0.5, 0.6) is 0 Å². The maximum atomic E-state index is 11.3. The van der Waals surface area contributed by atoms with Gasteiger partial charge < -0.3 is 4.74 Å². The van der Waals surface area contributed by atoms with E-state index in [0.29, 0.717) is 18.4 Å². The highest BCUT2D eigenvalue weighted by Gasteiger charge is 2.27. The molecule has 0 radical (unpaired) electrons. The van der Waals surface area contributed by atoms with Crippen LogP contribution in [0.4, 0.5) is 0 Å². The van der Waals surface area contributed by atoms with Crippen LogP contribution < -0.4 is 0 Å². The van der Waals surface area contributed by atoms with Crippen molar-refractivity contribution in [2.45, 2.75) is 40.0 Å². The van der Waals surface area contributed by atoms with Crippen molar-refractivity contribution in [3.05, 3.63) is 0 Å². The van der Waals surface area contributed by atoms with E-state index in [0.717, 1.165) is 19.3 Å². The topological polar surface area (TPSA) is 26.3 Å². The van der Waals surface area contributed by atoms with Gasteiger partial charge in [0.1, 0.15) is 0 Å². The Morgan fingerprint density at radius 3 is 2.85 bits per heavy atom. The lowest BCUT2D eigenvalue weighted by atomic mass is 9.88. The third-order valence-electron chi connectivity index (χ3n) is 2.62. The zero-order valence-electron chi connectivity index (χ0n) is 8.88. The summed E-state index contributed by atoms with van der Waals surface area (Å²) in [6, 6.07) is 0. The summed E-state index contributed by atoms with van der Waals surface area (Å²) in [6.07, 6.45) is 3.15. The van der Waals surface area contributed by atoms with E-state index in [1.807, 2.05) is 0 Å². The molecule has 0 aromatic rings. The SMILES string of the molecule is CC(C)CCC1CC(C)COC1=O. The Bertz CT molecular complexity index is 175. The van der Waals surface area contributed by atoms with Crippen molar-refractivity contribution in [1.82, 2.24) is 0 Å². The number of rotatable bonds is 3. The van der Waals surface area contributed by atoms with Crippen LogP contribution in [0.15, 0.2) is 0 Å². The van der Waals surface area contributed by atoms with Crippen molar-refractivity contribution < 1.29 is 9.53 Å². The van der Waals surface area contributed by atoms with E-state index in [1.54, 1.807) is 0 Å². The Labute approximate surface area is 80.7 Å². The molecule has 2 unspecified atom stereocenters. The number of hydrogen-bond donors (Lipinski definition) is 0. The summed E-state index contributed by atoms with van der Waals surface area (Å²) in [7, 11) is 0. The number of cyclic esters (lactones) is 1. The van der Waals surface area contributed by atoms with Gasteiger partial charge in [0.2, 0.25) is 0 Å². The summed E-state index contributed by atoms with van der Waals surface area (Å²) in [4.78, 5) is 11.3. The van der Waals surface area contributed by atoms with Crippen molar-refractivity contribution in [2.24, 2.45) is 17.8 Å². The number of hydrogen-bond acceptors (Lipinski definition) is 2. The van der Waals surface area contributed by atoms with Gasteiger partial charge in [-0.1, -0.05) is 27.2 Å². The monoisotopic (exact) mass is 184 g/mol. The van der Waals surface area contributed by atoms with E-state index in [2.05, 4.69) is 20.8 Å². The summed E-state index contributed by atoms with van der Waals surface area (Å²) in [5, 5.41) is 0. The quantitative estimate of drug-likeness (QED) is 0.630. The molecule has 0 aliphatic carbocycles. The number of carbonyl (C=O) groups is 1. The molecule has 0 aromatic carbocycles. The molecule has 1 heterocycles. The second-order valence-corrected chi connectivity index (χ2v) is 4.64. The van der Waals surface area contributed by atoms with E-state index in [4.69, 9.17) is 4.74 Å². The minimum absolute atomic E-state index is 0.0266. The fourth-order valence-electron chi connectivity index (χ4n) is 1.76. The van der Waals surface area contributed by atoms with Gasteiger partial charge in [0.15, 0.2) is 0 Å². The van der Waals surface area contributed by atoms with Crippen LogP contribution in [0.3, 0.4) is 0 Å². The highest BCUT2D eigenvalue weighted by Crippen LogP contribution is 2.25. The van der Waals surface area contributed by atoms with Crippen LogP contribution >= 0.6 is 0 Å². The molecule has 2 heteroatoms. The molecular weight excluding hydrogens is 164 g/mol. The summed E-state index contributed by atoms with van der Waals surface area (Å²) in [5.74, 6) is 1.43. The molecule has 1 aliphatic heterocycles. The molecule has 0 saturated carbocycles. The molecule has 2 nitrogen and oxygen atoms in total. The van der Waals surface area contributed by atoms with Crippen LogP contribution in [-0.2, 0) is 9.53 Å². The smallest absolute Gasteiger partial charge is 0.308 e. The molecule has 0 amide bonds. The first-order chi connectivity index (χ1) is 6.09. The van der Waals surface area contributed by atoms with Crippen LogP contribution in [0, 0.1) is 17.8 Å². The van der Waals surface area contributed by atoms with Gasteiger partial charge in [-0.2, -0.15) is 0 Å². The van der Waals surface area contributed by atoms with Gasteiger partial charge in [-0.25, -0.2) is 0 Å². The van der Waals surface area contributed by atoms with Crippen LogP contribution in [0.25, 0.3) is 0 Å². The third-order valence-corrected chi connectivity index (χ3v) is 2.62. The van der Waals surface area contributed by atoms with Crippen LogP contribution in [0.2, 0.25) is 0 Å². The van der Waals surface area contributed by atoms with E-state index < -0.39 is 0 Å². The third kappa shape index (κ3) is 3.37. The maximum absolute atomic E-state index is 11.3. The Hall–Kier alpha value is -0.530. The fraction of sp³-hybridized carbons (Fsp3) is 0.909. The molecule has 76 valence electrons. The second-order valence-electron chi connectivity index (χ2n) is 4.64. The first-order valence-electron chi connectivity index (χ1n) is 5.26. The molecule has 0 bridgehead atoms. The maximum Gasteiger partial charge on any atom is 0.308 e. The fourth-order valence-corrected chi connectivity index (χ4v) is 1.76. The lowest BCUT2D eigenvalue weighted by molar-refractivity contribution is -0.156. The molecule has 0 N–H and O–H groups in total. The summed E-state index contributed by atoms with van der Waals surface area (Å²) in [5.41, 5.74) is 0. The molecule has 2 atom stereocenters. The van der Waals surface area contributed by atoms with Gasteiger partial charge >= 0.3 is 5.97 Å². The second kappa shape index (κ2) is 4.64. The molecule has 0 spiro atoms. The normalized spacial score (nSPS) is 29.1. The minimum atomic E-state index is 0.0266. The predicted octanol–water partition coefficient (Wildman–Crippen LogP) is 2.62. The number of esters is 1. The summed E-state index contributed by atoms with van der Waals surface area (Å²) >= 11 is 0. The molecule has 1 aliphatic rings. The molecule has 1 rings (SSSR count). The average molecular weight is 184 g/mol. The molecule has 1 saturated heterocycles.